The topological polar surface area (TPSA) is 102 Å². The molecule has 1 aromatic carbocycles. The lowest BCUT2D eigenvalue weighted by atomic mass is 10.1. The molecule has 194 valence electrons. The van der Waals surface area contributed by atoms with Gasteiger partial charge in [0.25, 0.3) is 0 Å². The van der Waals surface area contributed by atoms with Gasteiger partial charge < -0.3 is 20.2 Å². The van der Waals surface area contributed by atoms with Crippen LogP contribution in [0.5, 0.6) is 0 Å². The first-order valence-electron chi connectivity index (χ1n) is 12.0. The van der Waals surface area contributed by atoms with Gasteiger partial charge in [-0.3, -0.25) is 14.5 Å². The highest BCUT2D eigenvalue weighted by molar-refractivity contribution is 6.35. The van der Waals surface area contributed by atoms with E-state index in [2.05, 4.69) is 15.3 Å². The Morgan fingerprint density at radius 3 is 2.58 bits per heavy atom. The Labute approximate surface area is 225 Å². The van der Waals surface area contributed by atoms with Crippen molar-refractivity contribution in [2.75, 3.05) is 49.5 Å². The number of carboxylic acid groups (broad SMARTS) is 1. The zero-order valence-electron chi connectivity index (χ0n) is 20.0. The van der Waals surface area contributed by atoms with Crippen LogP contribution in [0, 0.1) is 0 Å². The zero-order chi connectivity index (χ0) is 25.8. The van der Waals surface area contributed by atoms with Gasteiger partial charge in [0, 0.05) is 42.8 Å². The van der Waals surface area contributed by atoms with Crippen molar-refractivity contribution in [1.82, 2.24) is 19.8 Å². The number of piperazine rings is 1. The molecule has 3 heterocycles. The third-order valence-corrected chi connectivity index (χ3v) is 7.49. The van der Waals surface area contributed by atoms with Crippen molar-refractivity contribution >= 4 is 58.4 Å². The Kier molecular flexibility index (Phi) is 8.77. The van der Waals surface area contributed by atoms with Gasteiger partial charge in [-0.25, -0.2) is 4.98 Å². The first kappa shape index (κ1) is 26.7. The average molecular weight is 556 g/mol. The highest BCUT2D eigenvalue weighted by atomic mass is 35.5. The van der Waals surface area contributed by atoms with Crippen molar-refractivity contribution in [3.63, 3.8) is 0 Å². The van der Waals surface area contributed by atoms with Crippen molar-refractivity contribution in [2.45, 2.75) is 38.3 Å². The van der Waals surface area contributed by atoms with Crippen molar-refractivity contribution in [1.29, 1.82) is 0 Å². The standard InChI is InChI=1S/C24H29Cl3N6O3/c1-15(17-5-4-16(25)13-18(17)26)29-22-19(27)14-28-24(30-22)33-11-9-32(10-12-33)23(36)20-3-2-7-31(20)8-6-21(34)35/h4-5,13-15,20H,2-3,6-12H2,1H3,(H,34,35)(H,28,29,30)/t15?,20-/m1/s1. The molecule has 36 heavy (non-hydrogen) atoms. The molecular formula is C24H29Cl3N6O3. The van der Waals surface area contributed by atoms with Crippen molar-refractivity contribution in [2.24, 2.45) is 0 Å². The van der Waals surface area contributed by atoms with Crippen LogP contribution in [0.4, 0.5) is 11.8 Å². The van der Waals surface area contributed by atoms with Gasteiger partial charge in [0.1, 0.15) is 5.02 Å². The van der Waals surface area contributed by atoms with E-state index in [0.29, 0.717) is 59.6 Å². The fraction of sp³-hybridized carbons (Fsp3) is 0.500. The summed E-state index contributed by atoms with van der Waals surface area (Å²) >= 11 is 18.7. The van der Waals surface area contributed by atoms with Crippen LogP contribution in [-0.2, 0) is 9.59 Å². The summed E-state index contributed by atoms with van der Waals surface area (Å²) in [5.74, 6) is 0.265. The minimum absolute atomic E-state index is 0.0463. The van der Waals surface area contributed by atoms with Crippen LogP contribution >= 0.6 is 34.8 Å². The number of carbonyl (C=O) groups excluding carboxylic acids is 1. The smallest absolute Gasteiger partial charge is 0.304 e. The number of nitrogens with one attached hydrogen (secondary N) is 1. The van der Waals surface area contributed by atoms with Crippen LogP contribution in [0.3, 0.4) is 0 Å². The Balaban J connectivity index is 1.37. The molecule has 12 heteroatoms. The van der Waals surface area contributed by atoms with Crippen molar-refractivity contribution in [3.05, 3.63) is 45.0 Å². The first-order valence-corrected chi connectivity index (χ1v) is 13.1. The highest BCUT2D eigenvalue weighted by Crippen LogP contribution is 2.31. The van der Waals surface area contributed by atoms with Gasteiger partial charge in [0.05, 0.1) is 24.7 Å². The van der Waals surface area contributed by atoms with E-state index in [-0.39, 0.29) is 24.4 Å². The molecule has 1 aromatic heterocycles. The van der Waals surface area contributed by atoms with E-state index in [9.17, 15) is 9.59 Å². The predicted molar refractivity (Wildman–Crippen MR) is 141 cm³/mol. The lowest BCUT2D eigenvalue weighted by Crippen LogP contribution is -2.54. The Hall–Kier alpha value is -2.33. The van der Waals surface area contributed by atoms with E-state index in [0.717, 1.165) is 24.9 Å². The van der Waals surface area contributed by atoms with Gasteiger partial charge in [-0.05, 0) is 44.0 Å². The van der Waals surface area contributed by atoms with Crippen LogP contribution < -0.4 is 10.2 Å². The van der Waals surface area contributed by atoms with Gasteiger partial charge in [0.15, 0.2) is 5.82 Å². The maximum absolute atomic E-state index is 13.1. The fourth-order valence-corrected chi connectivity index (χ4v) is 5.41. The van der Waals surface area contributed by atoms with Gasteiger partial charge in [-0.1, -0.05) is 40.9 Å². The Bertz CT molecular complexity index is 1110. The lowest BCUT2D eigenvalue weighted by molar-refractivity contribution is -0.140. The minimum Gasteiger partial charge on any atom is -0.481 e. The zero-order valence-corrected chi connectivity index (χ0v) is 22.2. The molecule has 1 unspecified atom stereocenters. The quantitative estimate of drug-likeness (QED) is 0.500. The molecule has 2 atom stereocenters. The molecule has 2 aliphatic rings. The van der Waals surface area contributed by atoms with Crippen LogP contribution in [0.15, 0.2) is 24.4 Å². The maximum atomic E-state index is 13.1. The number of likely N-dealkylation sites (tertiary alicyclic amines) is 1. The molecule has 0 aliphatic carbocycles. The number of carbonyl (C=O) groups is 2. The number of nitrogens with zero attached hydrogens (tertiary/aromatic N) is 5. The third-order valence-electron chi connectivity index (χ3n) is 6.65. The summed E-state index contributed by atoms with van der Waals surface area (Å²) < 4.78 is 0. The first-order chi connectivity index (χ1) is 17.2. The van der Waals surface area contributed by atoms with Gasteiger partial charge in [-0.15, -0.1) is 0 Å². The van der Waals surface area contributed by atoms with E-state index in [4.69, 9.17) is 39.9 Å². The van der Waals surface area contributed by atoms with Crippen LogP contribution in [-0.4, -0.2) is 82.1 Å². The normalized spacial score (nSPS) is 19.4. The molecule has 4 rings (SSSR count). The fourth-order valence-electron chi connectivity index (χ4n) is 4.70. The number of amides is 1. The minimum atomic E-state index is -0.843. The Morgan fingerprint density at radius 2 is 1.89 bits per heavy atom. The lowest BCUT2D eigenvalue weighted by Gasteiger charge is -2.37. The van der Waals surface area contributed by atoms with Gasteiger partial charge >= 0.3 is 5.97 Å². The summed E-state index contributed by atoms with van der Waals surface area (Å²) in [5.41, 5.74) is 0.869. The van der Waals surface area contributed by atoms with Gasteiger partial charge in [0.2, 0.25) is 11.9 Å². The molecule has 2 N–H and O–H groups in total. The van der Waals surface area contributed by atoms with Crippen molar-refractivity contribution in [3.8, 4) is 0 Å². The molecule has 2 fully saturated rings. The second-order valence-electron chi connectivity index (χ2n) is 9.05. The second kappa shape index (κ2) is 11.8. The van der Waals surface area contributed by atoms with Crippen LogP contribution in [0.25, 0.3) is 0 Å². The molecule has 1 amide bonds. The molecule has 0 spiro atoms. The van der Waals surface area contributed by atoms with E-state index in [1.165, 1.54) is 0 Å². The number of halogens is 3. The van der Waals surface area contributed by atoms with Crippen LogP contribution in [0.2, 0.25) is 15.1 Å². The molecule has 2 aliphatic heterocycles. The molecule has 0 saturated carbocycles. The molecule has 2 saturated heterocycles. The molecule has 0 bridgehead atoms. The molecule has 2 aromatic rings. The molecular weight excluding hydrogens is 527 g/mol. The monoisotopic (exact) mass is 554 g/mol. The van der Waals surface area contributed by atoms with Crippen LogP contribution in [0.1, 0.15) is 37.8 Å². The summed E-state index contributed by atoms with van der Waals surface area (Å²) in [5, 5.41) is 13.8. The number of hydrogen-bond acceptors (Lipinski definition) is 7. The number of carboxylic acids is 1. The average Bonchev–Trinajstić information content (AvgIpc) is 3.32. The highest BCUT2D eigenvalue weighted by Gasteiger charge is 2.35. The van der Waals surface area contributed by atoms with E-state index >= 15 is 0 Å². The van der Waals surface area contributed by atoms with E-state index < -0.39 is 5.97 Å². The summed E-state index contributed by atoms with van der Waals surface area (Å²) in [6.07, 6.45) is 3.29. The summed E-state index contributed by atoms with van der Waals surface area (Å²) in [7, 11) is 0. The summed E-state index contributed by atoms with van der Waals surface area (Å²) in [4.78, 5) is 39.0. The number of hydrogen-bond donors (Lipinski definition) is 2. The summed E-state index contributed by atoms with van der Waals surface area (Å²) in [6.45, 7) is 5.40. The van der Waals surface area contributed by atoms with E-state index in [1.54, 1.807) is 18.3 Å². The number of aromatic nitrogens is 2. The van der Waals surface area contributed by atoms with Gasteiger partial charge in [-0.2, -0.15) is 4.98 Å². The largest absolute Gasteiger partial charge is 0.481 e. The predicted octanol–water partition coefficient (Wildman–Crippen LogP) is 4.20. The number of aliphatic carboxylic acids is 1. The number of benzene rings is 1. The maximum Gasteiger partial charge on any atom is 0.304 e. The second-order valence-corrected chi connectivity index (χ2v) is 10.3. The number of anilines is 2. The summed E-state index contributed by atoms with van der Waals surface area (Å²) in [6, 6.07) is 4.94. The Morgan fingerprint density at radius 1 is 1.14 bits per heavy atom. The molecule has 9 nitrogen and oxygen atoms in total. The SMILES string of the molecule is CC(Nc1nc(N2CCN(C(=O)[C@H]3CCCN3CCC(=O)O)CC2)ncc1Cl)c1ccc(Cl)cc1Cl. The molecule has 0 radical (unpaired) electrons. The van der Waals surface area contributed by atoms with Crippen molar-refractivity contribution < 1.29 is 14.7 Å². The number of rotatable bonds is 8. The third kappa shape index (κ3) is 6.32. The van der Waals surface area contributed by atoms with E-state index in [1.807, 2.05) is 27.7 Å².